The summed E-state index contributed by atoms with van der Waals surface area (Å²) >= 11 is 1.59. The van der Waals surface area contributed by atoms with Crippen molar-refractivity contribution in [2.45, 2.75) is 0 Å². The van der Waals surface area contributed by atoms with Crippen LogP contribution in [0.3, 0.4) is 0 Å². The quantitative estimate of drug-likeness (QED) is 0.893. The number of aliphatic carboxylic acids is 1. The molecule has 5 nitrogen and oxygen atoms in total. The highest BCUT2D eigenvalue weighted by Gasteiger charge is 2.09. The molecule has 88 valence electrons. The maximum atomic E-state index is 10.6. The van der Waals surface area contributed by atoms with E-state index in [1.165, 1.54) is 6.33 Å². The van der Waals surface area contributed by atoms with E-state index >= 15 is 0 Å². The highest BCUT2D eigenvalue weighted by atomic mass is 32.1. The number of rotatable bonds is 4. The fourth-order valence-electron chi connectivity index (χ4n) is 1.41. The lowest BCUT2D eigenvalue weighted by atomic mass is 10.2. The van der Waals surface area contributed by atoms with Gasteiger partial charge in [-0.1, -0.05) is 0 Å². The first-order chi connectivity index (χ1) is 8.16. The average molecular weight is 249 g/mol. The van der Waals surface area contributed by atoms with E-state index in [4.69, 9.17) is 5.11 Å². The molecule has 0 fully saturated rings. The van der Waals surface area contributed by atoms with Gasteiger partial charge in [0.1, 0.15) is 18.7 Å². The van der Waals surface area contributed by atoms with Crippen LogP contribution in [0.4, 0.5) is 5.82 Å². The predicted octanol–water partition coefficient (Wildman–Crippen LogP) is 1.73. The van der Waals surface area contributed by atoms with Gasteiger partial charge in [-0.25, -0.2) is 9.97 Å². The summed E-state index contributed by atoms with van der Waals surface area (Å²) in [6, 6.07) is 3.75. The van der Waals surface area contributed by atoms with Gasteiger partial charge in [0.25, 0.3) is 0 Å². The monoisotopic (exact) mass is 249 g/mol. The average Bonchev–Trinajstić information content (AvgIpc) is 2.82. The van der Waals surface area contributed by atoms with Gasteiger partial charge >= 0.3 is 5.97 Å². The molecule has 0 aliphatic carbocycles. The third-order valence-electron chi connectivity index (χ3n) is 2.23. The molecule has 0 aliphatic heterocycles. The highest BCUT2D eigenvalue weighted by Crippen LogP contribution is 2.22. The Morgan fingerprint density at radius 3 is 3.00 bits per heavy atom. The van der Waals surface area contributed by atoms with Crippen molar-refractivity contribution in [3.05, 3.63) is 29.2 Å². The first-order valence-corrected chi connectivity index (χ1v) is 5.88. The summed E-state index contributed by atoms with van der Waals surface area (Å²) < 4.78 is 0. The zero-order valence-corrected chi connectivity index (χ0v) is 10.0. The Labute approximate surface area is 102 Å². The van der Waals surface area contributed by atoms with Crippen molar-refractivity contribution in [2.24, 2.45) is 0 Å². The number of nitrogens with zero attached hydrogens (tertiary/aromatic N) is 3. The molecule has 1 N–H and O–H groups in total. The Morgan fingerprint density at radius 2 is 2.35 bits per heavy atom. The largest absolute Gasteiger partial charge is 0.480 e. The van der Waals surface area contributed by atoms with Crippen LogP contribution in [0.25, 0.3) is 11.3 Å². The lowest BCUT2D eigenvalue weighted by Gasteiger charge is -2.15. The van der Waals surface area contributed by atoms with Crippen molar-refractivity contribution in [2.75, 3.05) is 18.5 Å². The molecular weight excluding hydrogens is 238 g/mol. The van der Waals surface area contributed by atoms with Crippen molar-refractivity contribution in [3.8, 4) is 11.3 Å². The summed E-state index contributed by atoms with van der Waals surface area (Å²) in [5, 5.41) is 12.7. The zero-order chi connectivity index (χ0) is 12.3. The van der Waals surface area contributed by atoms with Crippen LogP contribution in [0.5, 0.6) is 0 Å². The lowest BCUT2D eigenvalue weighted by molar-refractivity contribution is -0.135. The number of hydrogen-bond donors (Lipinski definition) is 1. The van der Waals surface area contributed by atoms with Crippen molar-refractivity contribution in [1.82, 2.24) is 9.97 Å². The molecule has 2 aromatic heterocycles. The van der Waals surface area contributed by atoms with E-state index in [0.29, 0.717) is 5.82 Å². The second-order valence-corrected chi connectivity index (χ2v) is 4.30. The Kier molecular flexibility index (Phi) is 3.34. The molecule has 0 amide bonds. The van der Waals surface area contributed by atoms with Crippen LogP contribution in [0.1, 0.15) is 0 Å². The summed E-state index contributed by atoms with van der Waals surface area (Å²) in [5.41, 5.74) is 1.82. The lowest BCUT2D eigenvalue weighted by Crippen LogP contribution is -2.25. The van der Waals surface area contributed by atoms with Crippen LogP contribution in [0, 0.1) is 0 Å². The third-order valence-corrected chi connectivity index (χ3v) is 2.92. The summed E-state index contributed by atoms with van der Waals surface area (Å²) in [7, 11) is 1.69. The van der Waals surface area contributed by atoms with E-state index in [1.54, 1.807) is 29.4 Å². The highest BCUT2D eigenvalue weighted by molar-refractivity contribution is 7.08. The minimum Gasteiger partial charge on any atom is -0.480 e. The molecule has 0 aliphatic rings. The number of carbonyl (C=O) groups is 1. The SMILES string of the molecule is CN(CC(=O)O)c1cc(-c2ccsc2)ncn1. The normalized spacial score (nSPS) is 10.2. The number of likely N-dealkylation sites (N-methyl/N-ethyl adjacent to an activating group) is 1. The van der Waals surface area contributed by atoms with Gasteiger partial charge < -0.3 is 10.0 Å². The van der Waals surface area contributed by atoms with Crippen LogP contribution < -0.4 is 4.90 Å². The van der Waals surface area contributed by atoms with Gasteiger partial charge in [0, 0.05) is 24.1 Å². The molecule has 6 heteroatoms. The second-order valence-electron chi connectivity index (χ2n) is 3.52. The number of hydrogen-bond acceptors (Lipinski definition) is 5. The summed E-state index contributed by atoms with van der Waals surface area (Å²) in [5.74, 6) is -0.285. The number of thiophene rings is 1. The molecule has 17 heavy (non-hydrogen) atoms. The topological polar surface area (TPSA) is 66.3 Å². The molecule has 0 aromatic carbocycles. The van der Waals surface area contributed by atoms with E-state index in [9.17, 15) is 4.79 Å². The molecule has 2 rings (SSSR count). The summed E-state index contributed by atoms with van der Waals surface area (Å²) in [6.45, 7) is -0.0832. The molecule has 0 radical (unpaired) electrons. The smallest absolute Gasteiger partial charge is 0.323 e. The molecule has 0 unspecified atom stereocenters. The minimum atomic E-state index is -0.886. The van der Waals surface area contributed by atoms with Crippen LogP contribution in [-0.4, -0.2) is 34.6 Å². The molecule has 0 atom stereocenters. The van der Waals surface area contributed by atoms with E-state index in [0.717, 1.165) is 11.3 Å². The Morgan fingerprint density at radius 1 is 1.53 bits per heavy atom. The molecule has 2 heterocycles. The van der Waals surface area contributed by atoms with Gasteiger partial charge in [0.05, 0.1) is 5.69 Å². The standard InChI is InChI=1S/C11H11N3O2S/c1-14(5-11(15)16)10-4-9(12-7-13-10)8-2-3-17-6-8/h2-4,6-7H,5H2,1H3,(H,15,16). The van der Waals surface area contributed by atoms with Crippen molar-refractivity contribution < 1.29 is 9.90 Å². The fraction of sp³-hybridized carbons (Fsp3) is 0.182. The van der Waals surface area contributed by atoms with Crippen molar-refractivity contribution in [3.63, 3.8) is 0 Å². The van der Waals surface area contributed by atoms with Crippen molar-refractivity contribution in [1.29, 1.82) is 0 Å². The number of anilines is 1. The summed E-state index contributed by atoms with van der Waals surface area (Å²) in [6.07, 6.45) is 1.45. The van der Waals surface area contributed by atoms with E-state index in [-0.39, 0.29) is 6.54 Å². The van der Waals surface area contributed by atoms with Crippen LogP contribution in [-0.2, 0) is 4.79 Å². The van der Waals surface area contributed by atoms with Crippen LogP contribution >= 0.6 is 11.3 Å². The number of carboxylic acid groups (broad SMARTS) is 1. The molecule has 0 spiro atoms. The second kappa shape index (κ2) is 4.92. The minimum absolute atomic E-state index is 0.0832. The maximum Gasteiger partial charge on any atom is 0.323 e. The van der Waals surface area contributed by atoms with Gasteiger partial charge in [0.2, 0.25) is 0 Å². The van der Waals surface area contributed by atoms with Crippen molar-refractivity contribution >= 4 is 23.1 Å². The van der Waals surface area contributed by atoms with Gasteiger partial charge in [-0.2, -0.15) is 11.3 Å². The molecule has 0 saturated heterocycles. The summed E-state index contributed by atoms with van der Waals surface area (Å²) in [4.78, 5) is 20.4. The van der Waals surface area contributed by atoms with Gasteiger partial charge in [0.15, 0.2) is 0 Å². The number of aromatic nitrogens is 2. The van der Waals surface area contributed by atoms with E-state index < -0.39 is 5.97 Å². The zero-order valence-electron chi connectivity index (χ0n) is 9.20. The van der Waals surface area contributed by atoms with E-state index in [2.05, 4.69) is 9.97 Å². The van der Waals surface area contributed by atoms with Gasteiger partial charge in [-0.15, -0.1) is 0 Å². The molecular formula is C11H11N3O2S. The molecule has 2 aromatic rings. The molecule has 0 saturated carbocycles. The Bertz CT molecular complexity index is 513. The Balaban J connectivity index is 2.25. The van der Waals surface area contributed by atoms with Gasteiger partial charge in [-0.05, 0) is 11.4 Å². The fourth-order valence-corrected chi connectivity index (χ4v) is 2.06. The van der Waals surface area contributed by atoms with E-state index in [1.807, 2.05) is 16.8 Å². The van der Waals surface area contributed by atoms with Crippen LogP contribution in [0.15, 0.2) is 29.2 Å². The predicted molar refractivity (Wildman–Crippen MR) is 66.3 cm³/mol. The van der Waals surface area contributed by atoms with Gasteiger partial charge in [-0.3, -0.25) is 4.79 Å². The first kappa shape index (κ1) is 11.5. The van der Waals surface area contributed by atoms with Crippen LogP contribution in [0.2, 0.25) is 0 Å². The first-order valence-electron chi connectivity index (χ1n) is 4.94. The number of carboxylic acids is 1. The Hall–Kier alpha value is -1.95. The third kappa shape index (κ3) is 2.79. The maximum absolute atomic E-state index is 10.6. The molecule has 0 bridgehead atoms.